The van der Waals surface area contributed by atoms with Gasteiger partial charge in [-0.2, -0.15) is 0 Å². The fourth-order valence-corrected chi connectivity index (χ4v) is 2.41. The maximum Gasteiger partial charge on any atom is 0.222 e. The summed E-state index contributed by atoms with van der Waals surface area (Å²) in [7, 11) is 0. The Bertz CT molecular complexity index is 205. The van der Waals surface area contributed by atoms with E-state index >= 15 is 0 Å². The third kappa shape index (κ3) is 1.70. The van der Waals surface area contributed by atoms with Crippen LogP contribution in [-0.4, -0.2) is 36.5 Å². The molecule has 0 aromatic rings. The molecule has 2 heterocycles. The van der Waals surface area contributed by atoms with Crippen molar-refractivity contribution >= 4 is 5.91 Å². The number of carbonyl (C=O) groups excluding carboxylic acids is 1. The molecule has 0 aromatic heterocycles. The average molecular weight is 182 g/mol. The third-order valence-corrected chi connectivity index (χ3v) is 3.30. The summed E-state index contributed by atoms with van der Waals surface area (Å²) < 4.78 is 0. The largest absolute Gasteiger partial charge is 0.338 e. The number of amides is 1. The van der Waals surface area contributed by atoms with E-state index in [1.165, 1.54) is 6.42 Å². The van der Waals surface area contributed by atoms with Gasteiger partial charge in [0.25, 0.3) is 0 Å². The molecule has 0 aromatic carbocycles. The maximum absolute atomic E-state index is 11.5. The van der Waals surface area contributed by atoms with E-state index in [0.717, 1.165) is 32.5 Å². The van der Waals surface area contributed by atoms with Gasteiger partial charge in [-0.1, -0.05) is 6.92 Å². The molecule has 3 heteroatoms. The van der Waals surface area contributed by atoms with E-state index < -0.39 is 0 Å². The molecule has 1 N–H and O–H groups in total. The Kier molecular flexibility index (Phi) is 2.54. The third-order valence-electron chi connectivity index (χ3n) is 3.30. The molecule has 0 bridgehead atoms. The van der Waals surface area contributed by atoms with Crippen molar-refractivity contribution in [2.24, 2.45) is 5.92 Å². The van der Waals surface area contributed by atoms with Gasteiger partial charge in [0.15, 0.2) is 0 Å². The van der Waals surface area contributed by atoms with Crippen molar-refractivity contribution in [3.8, 4) is 0 Å². The number of nitrogens with one attached hydrogen (secondary N) is 1. The fraction of sp³-hybridized carbons (Fsp3) is 0.900. The van der Waals surface area contributed by atoms with Crippen LogP contribution in [-0.2, 0) is 4.79 Å². The highest BCUT2D eigenvalue weighted by Gasteiger charge is 2.32. The molecule has 74 valence electrons. The Morgan fingerprint density at radius 3 is 3.00 bits per heavy atom. The first-order chi connectivity index (χ1) is 6.29. The van der Waals surface area contributed by atoms with E-state index in [2.05, 4.69) is 17.1 Å². The summed E-state index contributed by atoms with van der Waals surface area (Å²) in [5.41, 5.74) is 0. The zero-order valence-electron chi connectivity index (χ0n) is 8.25. The van der Waals surface area contributed by atoms with Gasteiger partial charge in [-0.25, -0.2) is 0 Å². The van der Waals surface area contributed by atoms with Crippen molar-refractivity contribution in [1.29, 1.82) is 0 Å². The first-order valence-corrected chi connectivity index (χ1v) is 5.29. The minimum Gasteiger partial charge on any atom is -0.338 e. The molecule has 13 heavy (non-hydrogen) atoms. The Balaban J connectivity index is 2.01. The van der Waals surface area contributed by atoms with Gasteiger partial charge in [0.05, 0.1) is 0 Å². The number of hydrogen-bond donors (Lipinski definition) is 1. The van der Waals surface area contributed by atoms with Crippen LogP contribution in [0.15, 0.2) is 0 Å². The lowest BCUT2D eigenvalue weighted by Gasteiger charge is -2.36. The quantitative estimate of drug-likeness (QED) is 0.644. The standard InChI is InChI=1S/C10H18N2O/c1-8-4-5-11-7-9(8)12-6-2-3-10(12)13/h8-9,11H,2-7H2,1H3. The second-order valence-corrected chi connectivity index (χ2v) is 4.23. The molecule has 2 unspecified atom stereocenters. The van der Waals surface area contributed by atoms with Crippen molar-refractivity contribution in [2.75, 3.05) is 19.6 Å². The number of carbonyl (C=O) groups is 1. The van der Waals surface area contributed by atoms with Crippen molar-refractivity contribution < 1.29 is 4.79 Å². The second-order valence-electron chi connectivity index (χ2n) is 4.23. The lowest BCUT2D eigenvalue weighted by molar-refractivity contribution is -0.130. The number of nitrogens with zero attached hydrogens (tertiary/aromatic N) is 1. The summed E-state index contributed by atoms with van der Waals surface area (Å²) >= 11 is 0. The van der Waals surface area contributed by atoms with E-state index in [9.17, 15) is 4.79 Å². The van der Waals surface area contributed by atoms with Gasteiger partial charge >= 0.3 is 0 Å². The van der Waals surface area contributed by atoms with E-state index in [-0.39, 0.29) is 0 Å². The zero-order chi connectivity index (χ0) is 9.26. The van der Waals surface area contributed by atoms with Crippen LogP contribution in [0.1, 0.15) is 26.2 Å². The highest BCUT2D eigenvalue weighted by Crippen LogP contribution is 2.22. The van der Waals surface area contributed by atoms with Crippen LogP contribution in [0.5, 0.6) is 0 Å². The second kappa shape index (κ2) is 3.66. The van der Waals surface area contributed by atoms with Gasteiger partial charge < -0.3 is 10.2 Å². The van der Waals surface area contributed by atoms with Crippen molar-refractivity contribution in [3.05, 3.63) is 0 Å². The van der Waals surface area contributed by atoms with Crippen molar-refractivity contribution in [2.45, 2.75) is 32.2 Å². The lowest BCUT2D eigenvalue weighted by atomic mass is 9.94. The van der Waals surface area contributed by atoms with Gasteiger partial charge in [-0.3, -0.25) is 4.79 Å². The smallest absolute Gasteiger partial charge is 0.222 e. The fourth-order valence-electron chi connectivity index (χ4n) is 2.41. The summed E-state index contributed by atoms with van der Waals surface area (Å²) in [6.45, 7) is 5.35. The molecule has 0 spiro atoms. The summed E-state index contributed by atoms with van der Waals surface area (Å²) in [4.78, 5) is 13.6. The Labute approximate surface area is 79.5 Å². The average Bonchev–Trinajstić information content (AvgIpc) is 2.52. The molecule has 0 saturated carbocycles. The van der Waals surface area contributed by atoms with Crippen LogP contribution >= 0.6 is 0 Å². The lowest BCUT2D eigenvalue weighted by Crippen LogP contribution is -2.50. The topological polar surface area (TPSA) is 32.3 Å². The predicted octanol–water partition coefficient (Wildman–Crippen LogP) is 0.607. The molecular formula is C10H18N2O. The summed E-state index contributed by atoms with van der Waals surface area (Å²) in [6.07, 6.45) is 3.03. The molecule has 2 aliphatic heterocycles. The molecule has 0 aliphatic carbocycles. The monoisotopic (exact) mass is 182 g/mol. The van der Waals surface area contributed by atoms with E-state index in [1.807, 2.05) is 0 Å². The van der Waals surface area contributed by atoms with Crippen molar-refractivity contribution in [1.82, 2.24) is 10.2 Å². The number of rotatable bonds is 1. The van der Waals surface area contributed by atoms with Gasteiger partial charge in [0.1, 0.15) is 0 Å². The normalized spacial score (nSPS) is 35.5. The summed E-state index contributed by atoms with van der Waals surface area (Å²) in [5.74, 6) is 1.03. The molecule has 2 aliphatic rings. The minimum absolute atomic E-state index is 0.362. The first-order valence-electron chi connectivity index (χ1n) is 5.29. The molecule has 2 saturated heterocycles. The first kappa shape index (κ1) is 9.00. The maximum atomic E-state index is 11.5. The molecular weight excluding hydrogens is 164 g/mol. The minimum atomic E-state index is 0.362. The molecule has 3 nitrogen and oxygen atoms in total. The predicted molar refractivity (Wildman–Crippen MR) is 51.4 cm³/mol. The summed E-state index contributed by atoms with van der Waals surface area (Å²) in [6, 6.07) is 0.462. The van der Waals surface area contributed by atoms with E-state index in [4.69, 9.17) is 0 Å². The molecule has 1 amide bonds. The highest BCUT2D eigenvalue weighted by molar-refractivity contribution is 5.78. The zero-order valence-corrected chi connectivity index (χ0v) is 8.25. The SMILES string of the molecule is CC1CCNCC1N1CCCC1=O. The van der Waals surface area contributed by atoms with Gasteiger partial charge in [0, 0.05) is 25.6 Å². The van der Waals surface area contributed by atoms with Gasteiger partial charge in [0.2, 0.25) is 5.91 Å². The van der Waals surface area contributed by atoms with Crippen LogP contribution in [0.25, 0.3) is 0 Å². The number of hydrogen-bond acceptors (Lipinski definition) is 2. The number of piperidine rings is 1. The summed E-state index contributed by atoms with van der Waals surface area (Å²) in [5, 5.41) is 3.37. The van der Waals surface area contributed by atoms with Crippen LogP contribution < -0.4 is 5.32 Å². The number of likely N-dealkylation sites (tertiary alicyclic amines) is 1. The van der Waals surface area contributed by atoms with E-state index in [0.29, 0.717) is 17.9 Å². The van der Waals surface area contributed by atoms with Gasteiger partial charge in [-0.05, 0) is 25.3 Å². The van der Waals surface area contributed by atoms with Crippen LogP contribution in [0.3, 0.4) is 0 Å². The van der Waals surface area contributed by atoms with Crippen LogP contribution in [0.2, 0.25) is 0 Å². The molecule has 2 rings (SSSR count). The molecule has 2 atom stereocenters. The Morgan fingerprint density at radius 1 is 1.54 bits per heavy atom. The molecule has 2 fully saturated rings. The highest BCUT2D eigenvalue weighted by atomic mass is 16.2. The van der Waals surface area contributed by atoms with E-state index in [1.54, 1.807) is 0 Å². The Morgan fingerprint density at radius 2 is 2.38 bits per heavy atom. The van der Waals surface area contributed by atoms with Crippen LogP contribution in [0, 0.1) is 5.92 Å². The molecule has 0 radical (unpaired) electrons. The van der Waals surface area contributed by atoms with Gasteiger partial charge in [-0.15, -0.1) is 0 Å². The van der Waals surface area contributed by atoms with Crippen molar-refractivity contribution in [3.63, 3.8) is 0 Å². The van der Waals surface area contributed by atoms with Crippen LogP contribution in [0.4, 0.5) is 0 Å². The Hall–Kier alpha value is -0.570.